The zero-order chi connectivity index (χ0) is 10.9. The van der Waals surface area contributed by atoms with Crippen LogP contribution in [0.1, 0.15) is 12.5 Å². The van der Waals surface area contributed by atoms with Crippen molar-refractivity contribution in [3.8, 4) is 5.75 Å². The van der Waals surface area contributed by atoms with Gasteiger partial charge >= 0.3 is 0 Å². The van der Waals surface area contributed by atoms with Gasteiger partial charge in [-0.25, -0.2) is 8.78 Å². The van der Waals surface area contributed by atoms with Crippen molar-refractivity contribution in [2.24, 2.45) is 0 Å². The maximum absolute atomic E-state index is 12.9. The molecule has 0 heterocycles. The second-order valence-corrected chi connectivity index (χ2v) is 3.67. The largest absolute Gasteiger partial charge is 0.495 e. The lowest BCUT2D eigenvalue weighted by atomic mass is 10.1. The highest BCUT2D eigenvalue weighted by molar-refractivity contribution is 6.34. The lowest BCUT2D eigenvalue weighted by molar-refractivity contribution is 0.0175. The van der Waals surface area contributed by atoms with E-state index in [9.17, 15) is 8.78 Å². The minimum absolute atomic E-state index is 0.0567. The first kappa shape index (κ1) is 11.5. The summed E-state index contributed by atoms with van der Waals surface area (Å²) < 4.78 is 30.7. The maximum atomic E-state index is 12.9. The predicted octanol–water partition coefficient (Wildman–Crippen LogP) is 4.11. The van der Waals surface area contributed by atoms with E-state index in [1.165, 1.54) is 13.2 Å². The fraction of sp³-hybridized carbons (Fsp3) is 0.333. The monoisotopic (exact) mass is 240 g/mol. The zero-order valence-electron chi connectivity index (χ0n) is 7.57. The number of halogens is 4. The van der Waals surface area contributed by atoms with Gasteiger partial charge in [-0.1, -0.05) is 23.2 Å². The molecule has 0 atom stereocenters. The molecule has 0 N–H and O–H groups in total. The molecule has 78 valence electrons. The Labute approximate surface area is 90.6 Å². The second kappa shape index (κ2) is 3.91. The number of hydrogen-bond acceptors (Lipinski definition) is 1. The van der Waals surface area contributed by atoms with E-state index >= 15 is 0 Å². The Bertz CT molecular complexity index is 347. The molecule has 0 aliphatic carbocycles. The van der Waals surface area contributed by atoms with Crippen molar-refractivity contribution in [1.82, 2.24) is 0 Å². The quantitative estimate of drug-likeness (QED) is 0.756. The summed E-state index contributed by atoms with van der Waals surface area (Å²) in [6, 6.07) is 2.39. The SMILES string of the molecule is COc1cc(Cl)c(C(C)(F)F)cc1Cl. The van der Waals surface area contributed by atoms with Crippen molar-refractivity contribution in [2.75, 3.05) is 7.11 Å². The number of benzene rings is 1. The lowest BCUT2D eigenvalue weighted by Crippen LogP contribution is -2.08. The van der Waals surface area contributed by atoms with Gasteiger partial charge < -0.3 is 4.74 Å². The molecule has 0 aromatic heterocycles. The molecule has 0 saturated heterocycles. The molecule has 1 aromatic rings. The smallest absolute Gasteiger partial charge is 0.272 e. The molecule has 1 aromatic carbocycles. The molecule has 0 amide bonds. The predicted molar refractivity (Wildman–Crippen MR) is 52.6 cm³/mol. The summed E-state index contributed by atoms with van der Waals surface area (Å²) in [6.45, 7) is 0.761. The number of ether oxygens (including phenoxy) is 1. The molecule has 0 bridgehead atoms. The molecule has 1 rings (SSSR count). The first-order chi connectivity index (χ1) is 6.36. The van der Waals surface area contributed by atoms with Gasteiger partial charge in [0.2, 0.25) is 0 Å². The first-order valence-electron chi connectivity index (χ1n) is 3.77. The molecule has 0 saturated carbocycles. The highest BCUT2D eigenvalue weighted by atomic mass is 35.5. The molecule has 0 fully saturated rings. The third kappa shape index (κ3) is 2.28. The minimum atomic E-state index is -3.01. The van der Waals surface area contributed by atoms with Crippen LogP contribution in [0.5, 0.6) is 5.75 Å². The second-order valence-electron chi connectivity index (χ2n) is 2.85. The summed E-state index contributed by atoms with van der Waals surface area (Å²) in [4.78, 5) is 0. The third-order valence-electron chi connectivity index (χ3n) is 1.71. The van der Waals surface area contributed by atoms with Crippen LogP contribution >= 0.6 is 23.2 Å². The maximum Gasteiger partial charge on any atom is 0.272 e. The normalized spacial score (nSPS) is 11.6. The highest BCUT2D eigenvalue weighted by Gasteiger charge is 2.28. The van der Waals surface area contributed by atoms with E-state index in [1.54, 1.807) is 0 Å². The number of alkyl halides is 2. The Morgan fingerprint density at radius 2 is 1.79 bits per heavy atom. The van der Waals surface area contributed by atoms with Crippen molar-refractivity contribution in [3.63, 3.8) is 0 Å². The van der Waals surface area contributed by atoms with Crippen LogP contribution in [-0.2, 0) is 5.92 Å². The summed E-state index contributed by atoms with van der Waals surface area (Å²) in [5, 5.41) is 0.0622. The summed E-state index contributed by atoms with van der Waals surface area (Å²) in [7, 11) is 1.39. The van der Waals surface area contributed by atoms with Crippen molar-refractivity contribution >= 4 is 23.2 Å². The van der Waals surface area contributed by atoms with Crippen LogP contribution in [0.25, 0.3) is 0 Å². The van der Waals surface area contributed by atoms with E-state index in [-0.39, 0.29) is 21.4 Å². The summed E-state index contributed by atoms with van der Waals surface area (Å²) >= 11 is 11.3. The van der Waals surface area contributed by atoms with Crippen LogP contribution in [0.4, 0.5) is 8.78 Å². The number of hydrogen-bond donors (Lipinski definition) is 0. The summed E-state index contributed by atoms with van der Waals surface area (Å²) in [6.07, 6.45) is 0. The van der Waals surface area contributed by atoms with Crippen molar-refractivity contribution < 1.29 is 13.5 Å². The standard InChI is InChI=1S/C9H8Cl2F2O/c1-9(12,13)5-3-7(11)8(14-2)4-6(5)10/h3-4H,1-2H3. The molecule has 0 unspecified atom stereocenters. The Morgan fingerprint density at radius 3 is 2.21 bits per heavy atom. The van der Waals surface area contributed by atoms with Gasteiger partial charge in [-0.2, -0.15) is 0 Å². The zero-order valence-corrected chi connectivity index (χ0v) is 9.09. The fourth-order valence-electron chi connectivity index (χ4n) is 1.02. The van der Waals surface area contributed by atoms with Gasteiger partial charge in [0.15, 0.2) is 0 Å². The van der Waals surface area contributed by atoms with Gasteiger partial charge in [0.05, 0.1) is 17.2 Å². The fourth-order valence-corrected chi connectivity index (χ4v) is 1.58. The average Bonchev–Trinajstić information content (AvgIpc) is 2.06. The molecule has 14 heavy (non-hydrogen) atoms. The minimum Gasteiger partial charge on any atom is -0.495 e. The Balaban J connectivity index is 3.29. The Kier molecular flexibility index (Phi) is 3.22. The lowest BCUT2D eigenvalue weighted by Gasteiger charge is -2.14. The Morgan fingerprint density at radius 1 is 1.21 bits per heavy atom. The van der Waals surface area contributed by atoms with E-state index in [0.717, 1.165) is 13.0 Å². The molecule has 1 nitrogen and oxygen atoms in total. The highest BCUT2D eigenvalue weighted by Crippen LogP contribution is 2.38. The first-order valence-corrected chi connectivity index (χ1v) is 4.53. The number of methoxy groups -OCH3 is 1. The van der Waals surface area contributed by atoms with Gasteiger partial charge in [-0.3, -0.25) is 0 Å². The van der Waals surface area contributed by atoms with E-state index < -0.39 is 5.92 Å². The average molecular weight is 241 g/mol. The van der Waals surface area contributed by atoms with Crippen LogP contribution in [0.3, 0.4) is 0 Å². The van der Waals surface area contributed by atoms with Crippen LogP contribution in [0, 0.1) is 0 Å². The van der Waals surface area contributed by atoms with Gasteiger partial charge in [0.25, 0.3) is 5.92 Å². The van der Waals surface area contributed by atoms with E-state index in [0.29, 0.717) is 0 Å². The van der Waals surface area contributed by atoms with Crippen LogP contribution < -0.4 is 4.74 Å². The molecular weight excluding hydrogens is 233 g/mol. The van der Waals surface area contributed by atoms with Gasteiger partial charge in [-0.15, -0.1) is 0 Å². The van der Waals surface area contributed by atoms with Crippen molar-refractivity contribution in [3.05, 3.63) is 27.7 Å². The van der Waals surface area contributed by atoms with Crippen LogP contribution in [-0.4, -0.2) is 7.11 Å². The van der Waals surface area contributed by atoms with E-state index in [1.807, 2.05) is 0 Å². The van der Waals surface area contributed by atoms with E-state index in [4.69, 9.17) is 27.9 Å². The van der Waals surface area contributed by atoms with Crippen LogP contribution in [0.2, 0.25) is 10.0 Å². The summed E-state index contributed by atoms with van der Waals surface area (Å²) in [5.74, 6) is -2.72. The summed E-state index contributed by atoms with van der Waals surface area (Å²) in [5.41, 5.74) is -0.301. The Hall–Kier alpha value is -0.540. The van der Waals surface area contributed by atoms with Crippen LogP contribution in [0.15, 0.2) is 12.1 Å². The number of rotatable bonds is 2. The topological polar surface area (TPSA) is 9.23 Å². The van der Waals surface area contributed by atoms with E-state index in [2.05, 4.69) is 0 Å². The molecule has 0 aliphatic heterocycles. The third-order valence-corrected chi connectivity index (χ3v) is 2.32. The molecule has 0 radical (unpaired) electrons. The van der Waals surface area contributed by atoms with Gasteiger partial charge in [-0.05, 0) is 6.07 Å². The van der Waals surface area contributed by atoms with Crippen molar-refractivity contribution in [1.29, 1.82) is 0 Å². The molecule has 5 heteroatoms. The molecule has 0 aliphatic rings. The molecule has 0 spiro atoms. The van der Waals surface area contributed by atoms with Gasteiger partial charge in [0.1, 0.15) is 5.75 Å². The molecular formula is C9H8Cl2F2O. The van der Waals surface area contributed by atoms with Gasteiger partial charge in [0, 0.05) is 18.6 Å². The van der Waals surface area contributed by atoms with Crippen molar-refractivity contribution in [2.45, 2.75) is 12.8 Å².